The Hall–Kier alpha value is -1.78. The van der Waals surface area contributed by atoms with Crippen molar-refractivity contribution in [3.63, 3.8) is 0 Å². The van der Waals surface area contributed by atoms with Gasteiger partial charge in [0.15, 0.2) is 0 Å². The van der Waals surface area contributed by atoms with E-state index in [0.29, 0.717) is 11.4 Å². The molecule has 104 valence electrons. The lowest BCUT2D eigenvalue weighted by molar-refractivity contribution is -0.115. The van der Waals surface area contributed by atoms with Crippen molar-refractivity contribution < 1.29 is 9.21 Å². The molecule has 1 aromatic heterocycles. The molecule has 2 aromatic rings. The highest BCUT2D eigenvalue weighted by atomic mass is 35.5. The number of carbonyl (C=O) groups is 1. The van der Waals surface area contributed by atoms with Crippen molar-refractivity contribution >= 4 is 23.2 Å². The number of nitrogens with one attached hydrogen (secondary N) is 2. The highest BCUT2D eigenvalue weighted by Gasteiger charge is 2.24. The number of rotatable bonds is 4. The standard InChI is InChI=1S/C15H15ClN2O2/c1-2-17-15(13-4-3-5-20-13)10-6-9-7-14(19)18-12(9)8-11(10)16/h3-6,8,15,17H,2,7H2,1H3,(H,18,19). The van der Waals surface area contributed by atoms with Crippen LogP contribution in [0.15, 0.2) is 34.9 Å². The summed E-state index contributed by atoms with van der Waals surface area (Å²) in [5.74, 6) is 0.817. The number of amides is 1. The summed E-state index contributed by atoms with van der Waals surface area (Å²) >= 11 is 6.37. The van der Waals surface area contributed by atoms with Gasteiger partial charge in [-0.3, -0.25) is 4.79 Å². The molecule has 0 spiro atoms. The monoisotopic (exact) mass is 290 g/mol. The first-order chi connectivity index (χ1) is 9.69. The van der Waals surface area contributed by atoms with E-state index < -0.39 is 0 Å². The quantitative estimate of drug-likeness (QED) is 0.909. The fourth-order valence-corrected chi connectivity index (χ4v) is 2.78. The Bertz CT molecular complexity index is 638. The molecule has 1 amide bonds. The van der Waals surface area contributed by atoms with Gasteiger partial charge < -0.3 is 15.1 Å². The fraction of sp³-hybridized carbons (Fsp3) is 0.267. The minimum absolute atomic E-state index is 0.00576. The Morgan fingerprint density at radius 2 is 2.35 bits per heavy atom. The van der Waals surface area contributed by atoms with E-state index >= 15 is 0 Å². The van der Waals surface area contributed by atoms with Gasteiger partial charge in [-0.2, -0.15) is 0 Å². The fourth-order valence-electron chi connectivity index (χ4n) is 2.51. The third kappa shape index (κ3) is 2.32. The molecular formula is C15H15ClN2O2. The lowest BCUT2D eigenvalue weighted by atomic mass is 10.00. The topological polar surface area (TPSA) is 54.3 Å². The minimum Gasteiger partial charge on any atom is -0.467 e. The van der Waals surface area contributed by atoms with Crippen molar-refractivity contribution in [3.05, 3.63) is 52.4 Å². The molecule has 3 rings (SSSR count). The Morgan fingerprint density at radius 3 is 3.05 bits per heavy atom. The summed E-state index contributed by atoms with van der Waals surface area (Å²) in [6.45, 7) is 2.82. The first-order valence-corrected chi connectivity index (χ1v) is 6.95. The van der Waals surface area contributed by atoms with Crippen molar-refractivity contribution in [2.45, 2.75) is 19.4 Å². The zero-order valence-corrected chi connectivity index (χ0v) is 11.8. The molecule has 1 atom stereocenters. The summed E-state index contributed by atoms with van der Waals surface area (Å²) < 4.78 is 5.49. The molecule has 0 saturated heterocycles. The molecular weight excluding hydrogens is 276 g/mol. The first kappa shape index (κ1) is 13.2. The maximum atomic E-state index is 11.5. The van der Waals surface area contributed by atoms with Crippen molar-refractivity contribution in [2.75, 3.05) is 11.9 Å². The van der Waals surface area contributed by atoms with Crippen LogP contribution >= 0.6 is 11.6 Å². The molecule has 0 fully saturated rings. The number of hydrogen-bond donors (Lipinski definition) is 2. The molecule has 0 aliphatic carbocycles. The van der Waals surface area contributed by atoms with Crippen LogP contribution in [0.25, 0.3) is 0 Å². The van der Waals surface area contributed by atoms with E-state index in [2.05, 4.69) is 10.6 Å². The van der Waals surface area contributed by atoms with Gasteiger partial charge in [-0.05, 0) is 41.9 Å². The largest absolute Gasteiger partial charge is 0.467 e. The number of furan rings is 1. The smallest absolute Gasteiger partial charge is 0.228 e. The van der Waals surface area contributed by atoms with Crippen LogP contribution in [0.3, 0.4) is 0 Å². The summed E-state index contributed by atoms with van der Waals surface area (Å²) in [6.07, 6.45) is 2.04. The molecule has 4 nitrogen and oxygen atoms in total. The average Bonchev–Trinajstić information content (AvgIpc) is 3.03. The maximum absolute atomic E-state index is 11.5. The number of benzene rings is 1. The first-order valence-electron chi connectivity index (χ1n) is 6.58. The molecule has 1 unspecified atom stereocenters. The molecule has 2 N–H and O–H groups in total. The number of carbonyl (C=O) groups excluding carboxylic acids is 1. The molecule has 5 heteroatoms. The highest BCUT2D eigenvalue weighted by Crippen LogP contribution is 2.35. The third-order valence-electron chi connectivity index (χ3n) is 3.39. The Balaban J connectivity index is 2.04. The lowest BCUT2D eigenvalue weighted by Crippen LogP contribution is -2.22. The van der Waals surface area contributed by atoms with Gasteiger partial charge in [0, 0.05) is 10.7 Å². The van der Waals surface area contributed by atoms with E-state index in [9.17, 15) is 4.79 Å². The van der Waals surface area contributed by atoms with Gasteiger partial charge in [-0.15, -0.1) is 0 Å². The van der Waals surface area contributed by atoms with Gasteiger partial charge in [-0.25, -0.2) is 0 Å². The molecule has 2 heterocycles. The Morgan fingerprint density at radius 1 is 1.50 bits per heavy atom. The van der Waals surface area contributed by atoms with Crippen LogP contribution in [0.5, 0.6) is 0 Å². The number of hydrogen-bond acceptors (Lipinski definition) is 3. The second-order valence-corrected chi connectivity index (χ2v) is 5.17. The Kier molecular flexibility index (Phi) is 3.51. The number of anilines is 1. The van der Waals surface area contributed by atoms with Crippen molar-refractivity contribution in [1.82, 2.24) is 5.32 Å². The van der Waals surface area contributed by atoms with E-state index in [1.165, 1.54) is 0 Å². The summed E-state index contributed by atoms with van der Waals surface area (Å²) in [6, 6.07) is 7.45. The SMILES string of the molecule is CCNC(c1ccco1)c1cc2c(cc1Cl)NC(=O)C2. The second kappa shape index (κ2) is 5.31. The van der Waals surface area contributed by atoms with E-state index in [-0.39, 0.29) is 11.9 Å². The predicted molar refractivity (Wildman–Crippen MR) is 78.0 cm³/mol. The van der Waals surface area contributed by atoms with E-state index in [1.54, 1.807) is 6.26 Å². The highest BCUT2D eigenvalue weighted by molar-refractivity contribution is 6.32. The number of halogens is 1. The van der Waals surface area contributed by atoms with Crippen molar-refractivity contribution in [3.8, 4) is 0 Å². The molecule has 1 aromatic carbocycles. The molecule has 0 bridgehead atoms. The van der Waals surface area contributed by atoms with Crippen molar-refractivity contribution in [1.29, 1.82) is 0 Å². The van der Waals surface area contributed by atoms with Crippen LogP contribution in [0.1, 0.15) is 29.9 Å². The van der Waals surface area contributed by atoms with Crippen LogP contribution in [0, 0.1) is 0 Å². The zero-order valence-electron chi connectivity index (χ0n) is 11.1. The van der Waals surface area contributed by atoms with Crippen molar-refractivity contribution in [2.24, 2.45) is 0 Å². The average molecular weight is 291 g/mol. The lowest BCUT2D eigenvalue weighted by Gasteiger charge is -2.18. The third-order valence-corrected chi connectivity index (χ3v) is 3.72. The van der Waals surface area contributed by atoms with Gasteiger partial charge in [0.2, 0.25) is 5.91 Å². The van der Waals surface area contributed by atoms with Crippen LogP contribution in [0.4, 0.5) is 5.69 Å². The predicted octanol–water partition coefficient (Wildman–Crippen LogP) is 3.13. The van der Waals surface area contributed by atoms with Crippen LogP contribution < -0.4 is 10.6 Å². The zero-order chi connectivity index (χ0) is 14.1. The second-order valence-electron chi connectivity index (χ2n) is 4.76. The van der Waals surface area contributed by atoms with Gasteiger partial charge in [-0.1, -0.05) is 18.5 Å². The summed E-state index contributed by atoms with van der Waals surface area (Å²) in [5.41, 5.74) is 2.71. The van der Waals surface area contributed by atoms with Gasteiger partial charge >= 0.3 is 0 Å². The summed E-state index contributed by atoms with van der Waals surface area (Å²) in [4.78, 5) is 11.5. The van der Waals surface area contributed by atoms with E-state index in [1.807, 2.05) is 31.2 Å². The normalized spacial score (nSPS) is 15.0. The van der Waals surface area contributed by atoms with Crippen LogP contribution in [-0.2, 0) is 11.2 Å². The van der Waals surface area contributed by atoms with Gasteiger partial charge in [0.05, 0.1) is 18.7 Å². The summed E-state index contributed by atoms with van der Waals surface area (Å²) in [5, 5.41) is 6.78. The molecule has 20 heavy (non-hydrogen) atoms. The van der Waals surface area contributed by atoms with Gasteiger partial charge in [0.25, 0.3) is 0 Å². The molecule has 0 radical (unpaired) electrons. The molecule has 0 saturated carbocycles. The maximum Gasteiger partial charge on any atom is 0.228 e. The van der Waals surface area contributed by atoms with E-state index in [4.69, 9.17) is 16.0 Å². The minimum atomic E-state index is -0.108. The van der Waals surface area contributed by atoms with Crippen LogP contribution in [0.2, 0.25) is 5.02 Å². The molecule has 1 aliphatic heterocycles. The van der Waals surface area contributed by atoms with Gasteiger partial charge in [0.1, 0.15) is 5.76 Å². The van der Waals surface area contributed by atoms with E-state index in [0.717, 1.165) is 29.1 Å². The number of fused-ring (bicyclic) bond motifs is 1. The molecule has 1 aliphatic rings. The van der Waals surface area contributed by atoms with Crippen LogP contribution in [-0.4, -0.2) is 12.5 Å². The summed E-state index contributed by atoms with van der Waals surface area (Å²) in [7, 11) is 0. The Labute approximate surface area is 122 Å².